The van der Waals surface area contributed by atoms with E-state index in [1.807, 2.05) is 4.90 Å². The number of thiazole rings is 1. The van der Waals surface area contributed by atoms with E-state index in [0.29, 0.717) is 23.8 Å². The number of allylic oxidation sites excluding steroid dienone is 1. The molecule has 2 fully saturated rings. The molecule has 2 aromatic carbocycles. The number of hydrogen-bond acceptors (Lipinski definition) is 10. The number of nitrogens with one attached hydrogen (secondary N) is 4. The molecule has 262 valence electrons. The van der Waals surface area contributed by atoms with Crippen LogP contribution in [-0.4, -0.2) is 70.3 Å². The van der Waals surface area contributed by atoms with E-state index in [-0.39, 0.29) is 46.7 Å². The molecule has 5 amide bonds. The molecule has 0 spiro atoms. The van der Waals surface area contributed by atoms with E-state index < -0.39 is 52.9 Å². The van der Waals surface area contributed by atoms with Gasteiger partial charge in [-0.2, -0.15) is 13.2 Å². The predicted octanol–water partition coefficient (Wildman–Crippen LogP) is 4.21. The van der Waals surface area contributed by atoms with Crippen LogP contribution < -0.4 is 20.9 Å². The molecule has 0 bridgehead atoms. The number of hydrogen-bond donors (Lipinski definition) is 4. The summed E-state index contributed by atoms with van der Waals surface area (Å²) < 4.78 is 40.2. The van der Waals surface area contributed by atoms with Crippen LogP contribution in [0.1, 0.15) is 53.0 Å². The number of alkyl halides is 3. The number of carbonyl (C=O) groups is 5. The van der Waals surface area contributed by atoms with Gasteiger partial charge in [0.25, 0.3) is 11.8 Å². The van der Waals surface area contributed by atoms with Crippen molar-refractivity contribution in [2.75, 3.05) is 23.3 Å². The number of aromatic nitrogens is 1. The van der Waals surface area contributed by atoms with Crippen LogP contribution in [0, 0.1) is 23.2 Å². The molecule has 0 radical (unpaired) electrons. The second kappa shape index (κ2) is 13.5. The number of benzene rings is 2. The Hall–Kier alpha value is -5.82. The standard InChI is InChI=1S/C35H30F3N7O5S/c1-34(2,33(50)42-26-8-5-21(35(36,37)38)13-25(26)30-40-11-12-51-30)41-16-19(15-39)3-4-20-17-44(18-20)22-6-7-23-24(14-22)32(49)45(31(23)48)27-9-10-28(46)43-29(27)47/h5-8,11-16,20,27,39,41H,9-10,17-18H2,1-2H3,(H,42,50)(H,43,46,47)/b19-16-,39-15?. The average molecular weight is 718 g/mol. The molecule has 3 aromatic rings. The van der Waals surface area contributed by atoms with Crippen LogP contribution >= 0.6 is 11.3 Å². The van der Waals surface area contributed by atoms with Crippen molar-refractivity contribution < 1.29 is 37.1 Å². The Bertz CT molecular complexity index is 2060. The van der Waals surface area contributed by atoms with Crippen LogP contribution in [0.25, 0.3) is 10.6 Å². The largest absolute Gasteiger partial charge is 0.416 e. The van der Waals surface area contributed by atoms with Crippen molar-refractivity contribution in [3.63, 3.8) is 0 Å². The zero-order valence-electron chi connectivity index (χ0n) is 27.2. The van der Waals surface area contributed by atoms with E-state index in [0.717, 1.165) is 34.6 Å². The van der Waals surface area contributed by atoms with E-state index in [2.05, 4.69) is 32.8 Å². The Morgan fingerprint density at radius 3 is 2.47 bits per heavy atom. The number of amides is 5. The first-order valence-electron chi connectivity index (χ1n) is 15.7. The molecular formula is C35H30F3N7O5S. The van der Waals surface area contributed by atoms with E-state index >= 15 is 0 Å². The fourth-order valence-electron chi connectivity index (χ4n) is 5.70. The van der Waals surface area contributed by atoms with Crippen molar-refractivity contribution in [1.29, 1.82) is 5.41 Å². The molecule has 1 aromatic heterocycles. The number of piperidine rings is 1. The van der Waals surface area contributed by atoms with Crippen molar-refractivity contribution in [3.05, 3.63) is 76.4 Å². The maximum absolute atomic E-state index is 13.4. The highest BCUT2D eigenvalue weighted by Gasteiger charge is 2.45. The summed E-state index contributed by atoms with van der Waals surface area (Å²) in [5.74, 6) is 3.09. The van der Waals surface area contributed by atoms with Gasteiger partial charge in [-0.25, -0.2) is 4.98 Å². The van der Waals surface area contributed by atoms with E-state index in [4.69, 9.17) is 5.41 Å². The molecule has 12 nitrogen and oxygen atoms in total. The van der Waals surface area contributed by atoms with Crippen molar-refractivity contribution in [3.8, 4) is 22.4 Å². The van der Waals surface area contributed by atoms with Gasteiger partial charge in [-0.1, -0.05) is 11.8 Å². The molecule has 51 heavy (non-hydrogen) atoms. The quantitative estimate of drug-likeness (QED) is 0.153. The fraction of sp³-hybridized carbons (Fsp3) is 0.286. The van der Waals surface area contributed by atoms with Crippen molar-refractivity contribution in [2.45, 2.75) is 44.4 Å². The second-order valence-electron chi connectivity index (χ2n) is 12.6. The minimum Gasteiger partial charge on any atom is -0.377 e. The second-order valence-corrected chi connectivity index (χ2v) is 13.5. The van der Waals surface area contributed by atoms with E-state index in [1.54, 1.807) is 37.4 Å². The zero-order valence-corrected chi connectivity index (χ0v) is 28.0. The first-order valence-corrected chi connectivity index (χ1v) is 16.6. The van der Waals surface area contributed by atoms with Crippen LogP contribution in [0.3, 0.4) is 0 Å². The van der Waals surface area contributed by atoms with Gasteiger partial charge >= 0.3 is 6.18 Å². The lowest BCUT2D eigenvalue weighted by atomic mass is 9.98. The number of rotatable bonds is 8. The van der Waals surface area contributed by atoms with Gasteiger partial charge in [0.15, 0.2) is 0 Å². The first-order chi connectivity index (χ1) is 24.2. The number of carbonyl (C=O) groups excluding carboxylic acids is 5. The minimum atomic E-state index is -4.57. The molecule has 3 aliphatic heterocycles. The number of nitrogens with zero attached hydrogens (tertiary/aromatic N) is 3. The first kappa shape index (κ1) is 35.0. The summed E-state index contributed by atoms with van der Waals surface area (Å²) in [6.45, 7) is 4.16. The maximum Gasteiger partial charge on any atom is 0.416 e. The third-order valence-corrected chi connectivity index (χ3v) is 9.47. The Morgan fingerprint density at radius 2 is 1.80 bits per heavy atom. The van der Waals surface area contributed by atoms with Gasteiger partial charge in [0.05, 0.1) is 33.9 Å². The van der Waals surface area contributed by atoms with Gasteiger partial charge < -0.3 is 20.9 Å². The van der Waals surface area contributed by atoms with Gasteiger partial charge in [-0.15, -0.1) is 11.3 Å². The molecule has 0 saturated carbocycles. The van der Waals surface area contributed by atoms with Gasteiger partial charge in [0.1, 0.15) is 16.6 Å². The molecule has 2 saturated heterocycles. The SMILES string of the molecule is CC(C)(N/C=C(/C#CC1CN(c2ccc3c(c2)C(=O)N(C2CCC(=O)NC2=O)C3=O)C1)C=N)C(=O)Nc1ccc(C(F)(F)F)cc1-c1nccs1. The summed E-state index contributed by atoms with van der Waals surface area (Å²) in [7, 11) is 0. The summed E-state index contributed by atoms with van der Waals surface area (Å²) in [5, 5.41) is 17.5. The highest BCUT2D eigenvalue weighted by Crippen LogP contribution is 2.37. The fourth-order valence-corrected chi connectivity index (χ4v) is 6.37. The van der Waals surface area contributed by atoms with E-state index in [1.165, 1.54) is 18.5 Å². The lowest BCUT2D eigenvalue weighted by Crippen LogP contribution is -2.54. The molecule has 4 N–H and O–H groups in total. The molecular weight excluding hydrogens is 687 g/mol. The van der Waals surface area contributed by atoms with Crippen LogP contribution in [-0.2, 0) is 20.6 Å². The Morgan fingerprint density at radius 1 is 1.06 bits per heavy atom. The van der Waals surface area contributed by atoms with Gasteiger partial charge in [-0.3, -0.25) is 34.2 Å². The van der Waals surface area contributed by atoms with Crippen molar-refractivity contribution >= 4 is 58.5 Å². The van der Waals surface area contributed by atoms with Crippen molar-refractivity contribution in [2.24, 2.45) is 5.92 Å². The minimum absolute atomic E-state index is 0.0321. The molecule has 6 rings (SSSR count). The monoisotopic (exact) mass is 717 g/mol. The number of anilines is 2. The maximum atomic E-state index is 13.4. The highest BCUT2D eigenvalue weighted by atomic mass is 32.1. The summed E-state index contributed by atoms with van der Waals surface area (Å²) in [5.41, 5.74) is -0.484. The number of halogens is 3. The predicted molar refractivity (Wildman–Crippen MR) is 182 cm³/mol. The zero-order chi connectivity index (χ0) is 36.7. The Labute approximate surface area is 293 Å². The molecule has 1 unspecified atom stereocenters. The van der Waals surface area contributed by atoms with Crippen LogP contribution in [0.4, 0.5) is 24.5 Å². The number of imide groups is 2. The Balaban J connectivity index is 1.07. The Kier molecular flexibility index (Phi) is 9.25. The van der Waals surface area contributed by atoms with Crippen LogP contribution in [0.15, 0.2) is 59.7 Å². The smallest absolute Gasteiger partial charge is 0.377 e. The highest BCUT2D eigenvalue weighted by molar-refractivity contribution is 7.13. The molecule has 16 heteroatoms. The average Bonchev–Trinajstić information content (AvgIpc) is 3.68. The molecule has 4 heterocycles. The summed E-state index contributed by atoms with van der Waals surface area (Å²) in [4.78, 5) is 70.2. The normalized spacial score (nSPS) is 18.1. The third-order valence-electron chi connectivity index (χ3n) is 8.66. The van der Waals surface area contributed by atoms with E-state index in [9.17, 15) is 37.1 Å². The lowest BCUT2D eigenvalue weighted by molar-refractivity contribution is -0.138. The van der Waals surface area contributed by atoms with Gasteiger partial charge in [0.2, 0.25) is 17.7 Å². The summed E-state index contributed by atoms with van der Waals surface area (Å²) >= 11 is 1.14. The third kappa shape index (κ3) is 7.11. The molecule has 0 aliphatic carbocycles. The summed E-state index contributed by atoms with van der Waals surface area (Å²) in [6.07, 6.45) is -0.569. The van der Waals surface area contributed by atoms with Crippen LogP contribution in [0.2, 0.25) is 0 Å². The topological polar surface area (TPSA) is 165 Å². The number of fused-ring (bicyclic) bond motifs is 1. The van der Waals surface area contributed by atoms with Crippen molar-refractivity contribution in [1.82, 2.24) is 20.5 Å². The molecule has 3 aliphatic rings. The molecule has 1 atom stereocenters. The summed E-state index contributed by atoms with van der Waals surface area (Å²) in [6, 6.07) is 6.85. The lowest BCUT2D eigenvalue weighted by Gasteiger charge is -2.38. The van der Waals surface area contributed by atoms with Gasteiger partial charge in [-0.05, 0) is 56.7 Å². The van der Waals surface area contributed by atoms with Gasteiger partial charge in [0, 0.05) is 54.8 Å². The van der Waals surface area contributed by atoms with Crippen LogP contribution in [0.5, 0.6) is 0 Å².